The Morgan fingerprint density at radius 2 is 2.07 bits per heavy atom. The number of halogens is 1. The SMILES string of the molecule is C=CC(=O)c1c(Br)cc(OC)cc1OC. The highest BCUT2D eigenvalue weighted by molar-refractivity contribution is 9.10. The van der Waals surface area contributed by atoms with E-state index in [1.807, 2.05) is 0 Å². The summed E-state index contributed by atoms with van der Waals surface area (Å²) in [5.74, 6) is 0.895. The monoisotopic (exact) mass is 270 g/mol. The molecule has 0 aliphatic heterocycles. The van der Waals surface area contributed by atoms with E-state index in [1.54, 1.807) is 19.2 Å². The third kappa shape index (κ3) is 2.39. The van der Waals surface area contributed by atoms with Crippen molar-refractivity contribution in [1.29, 1.82) is 0 Å². The Labute approximate surface area is 96.8 Å². The molecule has 0 saturated carbocycles. The van der Waals surface area contributed by atoms with Crippen molar-refractivity contribution < 1.29 is 14.3 Å². The Bertz CT molecular complexity index is 399. The first-order valence-electron chi connectivity index (χ1n) is 4.22. The van der Waals surface area contributed by atoms with Crippen molar-refractivity contribution in [2.75, 3.05) is 14.2 Å². The largest absolute Gasteiger partial charge is 0.497 e. The van der Waals surface area contributed by atoms with Crippen LogP contribution in [0.4, 0.5) is 0 Å². The van der Waals surface area contributed by atoms with Crippen LogP contribution in [0, 0.1) is 0 Å². The summed E-state index contributed by atoms with van der Waals surface area (Å²) in [7, 11) is 3.05. The number of carbonyl (C=O) groups is 1. The lowest BCUT2D eigenvalue weighted by molar-refractivity contribution is 0.104. The third-order valence-corrected chi connectivity index (χ3v) is 2.54. The second-order valence-electron chi connectivity index (χ2n) is 2.75. The molecule has 0 heterocycles. The van der Waals surface area contributed by atoms with Crippen LogP contribution in [0.3, 0.4) is 0 Å². The summed E-state index contributed by atoms with van der Waals surface area (Å²) < 4.78 is 10.8. The summed E-state index contributed by atoms with van der Waals surface area (Å²) in [5.41, 5.74) is 0.452. The minimum Gasteiger partial charge on any atom is -0.497 e. The van der Waals surface area contributed by atoms with Gasteiger partial charge >= 0.3 is 0 Å². The second kappa shape index (κ2) is 4.98. The molecule has 0 unspecified atom stereocenters. The highest BCUT2D eigenvalue weighted by atomic mass is 79.9. The predicted octanol–water partition coefficient (Wildman–Crippen LogP) is 2.84. The number of carbonyl (C=O) groups excluding carboxylic acids is 1. The van der Waals surface area contributed by atoms with Gasteiger partial charge in [0.15, 0.2) is 5.78 Å². The van der Waals surface area contributed by atoms with Gasteiger partial charge in [0.2, 0.25) is 0 Å². The van der Waals surface area contributed by atoms with Crippen LogP contribution in [-0.4, -0.2) is 20.0 Å². The van der Waals surface area contributed by atoms with Crippen LogP contribution in [0.1, 0.15) is 10.4 Å². The molecule has 1 aromatic rings. The number of benzene rings is 1. The molecule has 0 fully saturated rings. The summed E-state index contributed by atoms with van der Waals surface area (Å²) in [6.07, 6.45) is 1.25. The lowest BCUT2D eigenvalue weighted by Gasteiger charge is -2.10. The lowest BCUT2D eigenvalue weighted by Crippen LogP contribution is -2.00. The maximum atomic E-state index is 11.5. The number of hydrogen-bond acceptors (Lipinski definition) is 3. The Morgan fingerprint density at radius 1 is 1.40 bits per heavy atom. The predicted molar refractivity (Wildman–Crippen MR) is 61.8 cm³/mol. The second-order valence-corrected chi connectivity index (χ2v) is 3.61. The van der Waals surface area contributed by atoms with Gasteiger partial charge in [-0.25, -0.2) is 0 Å². The first kappa shape index (κ1) is 11.8. The fourth-order valence-corrected chi connectivity index (χ4v) is 1.79. The normalized spacial score (nSPS) is 9.53. The van der Waals surface area contributed by atoms with E-state index >= 15 is 0 Å². The standard InChI is InChI=1S/C11H11BrO3/c1-4-9(13)11-8(12)5-7(14-2)6-10(11)15-3/h4-6H,1H2,2-3H3. The molecule has 0 radical (unpaired) electrons. The first-order chi connectivity index (χ1) is 7.13. The van der Waals surface area contributed by atoms with Crippen molar-refractivity contribution in [3.8, 4) is 11.5 Å². The van der Waals surface area contributed by atoms with Crippen molar-refractivity contribution in [2.24, 2.45) is 0 Å². The zero-order chi connectivity index (χ0) is 11.4. The molecule has 0 N–H and O–H groups in total. The van der Waals surface area contributed by atoms with E-state index in [1.165, 1.54) is 13.2 Å². The van der Waals surface area contributed by atoms with Gasteiger partial charge < -0.3 is 9.47 Å². The van der Waals surface area contributed by atoms with E-state index < -0.39 is 0 Å². The summed E-state index contributed by atoms with van der Waals surface area (Å²) in [6, 6.07) is 3.36. The van der Waals surface area contributed by atoms with Gasteiger partial charge in [-0.2, -0.15) is 0 Å². The molecule has 0 aliphatic carbocycles. The van der Waals surface area contributed by atoms with Crippen LogP contribution in [-0.2, 0) is 0 Å². The zero-order valence-corrected chi connectivity index (χ0v) is 10.1. The maximum absolute atomic E-state index is 11.5. The molecule has 1 rings (SSSR count). The van der Waals surface area contributed by atoms with Gasteiger partial charge in [-0.1, -0.05) is 6.58 Å². The molecule has 0 amide bonds. The lowest BCUT2D eigenvalue weighted by atomic mass is 10.1. The van der Waals surface area contributed by atoms with Crippen LogP contribution in [0.2, 0.25) is 0 Å². The number of rotatable bonds is 4. The maximum Gasteiger partial charge on any atom is 0.190 e. The molecule has 0 atom stereocenters. The van der Waals surface area contributed by atoms with E-state index in [0.29, 0.717) is 21.5 Å². The molecule has 0 aliphatic rings. The fraction of sp³-hybridized carbons (Fsp3) is 0.182. The topological polar surface area (TPSA) is 35.5 Å². The molecule has 0 saturated heterocycles. The molecule has 1 aromatic carbocycles. The molecule has 3 nitrogen and oxygen atoms in total. The first-order valence-corrected chi connectivity index (χ1v) is 5.01. The van der Waals surface area contributed by atoms with Crippen LogP contribution in [0.5, 0.6) is 11.5 Å². The van der Waals surface area contributed by atoms with Gasteiger partial charge in [-0.15, -0.1) is 0 Å². The Morgan fingerprint density at radius 3 is 2.53 bits per heavy atom. The molecule has 15 heavy (non-hydrogen) atoms. The van der Waals surface area contributed by atoms with Crippen molar-refractivity contribution in [1.82, 2.24) is 0 Å². The minimum absolute atomic E-state index is 0.193. The Kier molecular flexibility index (Phi) is 3.91. The summed E-state index contributed by atoms with van der Waals surface area (Å²) in [5, 5.41) is 0. The summed E-state index contributed by atoms with van der Waals surface area (Å²) in [4.78, 5) is 11.5. The quantitative estimate of drug-likeness (QED) is 0.624. The van der Waals surface area contributed by atoms with Crippen LogP contribution in [0.15, 0.2) is 29.3 Å². The van der Waals surface area contributed by atoms with E-state index in [-0.39, 0.29) is 5.78 Å². The van der Waals surface area contributed by atoms with Gasteiger partial charge in [-0.3, -0.25) is 4.79 Å². The molecule has 0 bridgehead atoms. The van der Waals surface area contributed by atoms with Gasteiger partial charge in [0.25, 0.3) is 0 Å². The van der Waals surface area contributed by atoms with Gasteiger partial charge in [0.05, 0.1) is 19.8 Å². The number of methoxy groups -OCH3 is 2. The average Bonchev–Trinajstić information content (AvgIpc) is 2.26. The molecular formula is C11H11BrO3. The van der Waals surface area contributed by atoms with Crippen LogP contribution in [0.25, 0.3) is 0 Å². The van der Waals surface area contributed by atoms with E-state index in [2.05, 4.69) is 22.5 Å². The Balaban J connectivity index is 3.36. The van der Waals surface area contributed by atoms with Gasteiger partial charge in [0.1, 0.15) is 11.5 Å². The van der Waals surface area contributed by atoms with Gasteiger partial charge in [-0.05, 0) is 28.1 Å². The van der Waals surface area contributed by atoms with Gasteiger partial charge in [0, 0.05) is 10.5 Å². The molecular weight excluding hydrogens is 260 g/mol. The van der Waals surface area contributed by atoms with Crippen molar-refractivity contribution in [3.05, 3.63) is 34.8 Å². The molecule has 4 heteroatoms. The smallest absolute Gasteiger partial charge is 0.190 e. The Hall–Kier alpha value is -1.29. The van der Waals surface area contributed by atoms with Crippen LogP contribution >= 0.6 is 15.9 Å². The average molecular weight is 271 g/mol. The number of ketones is 1. The fourth-order valence-electron chi connectivity index (χ4n) is 1.18. The van der Waals surface area contributed by atoms with Crippen molar-refractivity contribution >= 4 is 21.7 Å². The minimum atomic E-state index is -0.193. The summed E-state index contributed by atoms with van der Waals surface area (Å²) in [6.45, 7) is 3.44. The third-order valence-electron chi connectivity index (χ3n) is 1.91. The zero-order valence-electron chi connectivity index (χ0n) is 8.54. The molecule has 0 spiro atoms. The molecule has 0 aromatic heterocycles. The number of allylic oxidation sites excluding steroid dienone is 1. The number of ether oxygens (including phenoxy) is 2. The highest BCUT2D eigenvalue weighted by Gasteiger charge is 2.15. The van der Waals surface area contributed by atoms with E-state index in [4.69, 9.17) is 9.47 Å². The summed E-state index contributed by atoms with van der Waals surface area (Å²) >= 11 is 3.29. The van der Waals surface area contributed by atoms with Crippen molar-refractivity contribution in [2.45, 2.75) is 0 Å². The highest BCUT2D eigenvalue weighted by Crippen LogP contribution is 2.32. The molecule has 80 valence electrons. The number of hydrogen-bond donors (Lipinski definition) is 0. The van der Waals surface area contributed by atoms with Crippen molar-refractivity contribution in [3.63, 3.8) is 0 Å². The van der Waals surface area contributed by atoms with E-state index in [9.17, 15) is 4.79 Å². The van der Waals surface area contributed by atoms with Crippen LogP contribution < -0.4 is 9.47 Å². The van der Waals surface area contributed by atoms with E-state index in [0.717, 1.165) is 0 Å².